The Morgan fingerprint density at radius 1 is 1.38 bits per heavy atom. The van der Waals surface area contributed by atoms with Crippen molar-refractivity contribution in [1.82, 2.24) is 0 Å². The molecule has 0 aromatic carbocycles. The second kappa shape index (κ2) is 13.2. The molecule has 0 aliphatic rings. The van der Waals surface area contributed by atoms with Crippen LogP contribution in [0.2, 0.25) is 0 Å². The normalized spacial score (nSPS) is 7.50. The predicted octanol–water partition coefficient (Wildman–Crippen LogP) is -7.02. The Hall–Kier alpha value is 3.58. The van der Waals surface area contributed by atoms with Gasteiger partial charge in [0.1, 0.15) is 0 Å². The van der Waals surface area contributed by atoms with Crippen molar-refractivity contribution in [3.8, 4) is 0 Å². The summed E-state index contributed by atoms with van der Waals surface area (Å²) in [6.07, 6.45) is 0. The zero-order valence-electron chi connectivity index (χ0n) is 5.38. The molecule has 0 saturated heterocycles. The summed E-state index contributed by atoms with van der Waals surface area (Å²) in [6.45, 7) is 1.85. The molecule has 0 aromatic heterocycles. The summed E-state index contributed by atoms with van der Waals surface area (Å²) in [6, 6.07) is 0. The number of rotatable bonds is 2. The Balaban J connectivity index is -0.000000125. The molecule has 38 valence electrons. The summed E-state index contributed by atoms with van der Waals surface area (Å²) >= 11 is 0. The van der Waals surface area contributed by atoms with Crippen LogP contribution in [0.4, 0.5) is 0 Å². The van der Waals surface area contributed by atoms with Gasteiger partial charge in [0.05, 0.1) is 0 Å². The Bertz CT molecular complexity index is 36.5. The van der Waals surface area contributed by atoms with E-state index in [1.54, 1.807) is 6.92 Å². The fourth-order valence-electron chi connectivity index (χ4n) is 0.105. The minimum atomic E-state index is -2.60. The zero-order chi connectivity index (χ0) is 4.99. The maximum Gasteiger partial charge on any atom is 1.00 e. The fourth-order valence-corrected chi connectivity index (χ4v) is 0.316. The Labute approximate surface area is 135 Å². The van der Waals surface area contributed by atoms with E-state index >= 15 is 0 Å². The Morgan fingerprint density at radius 3 is 1.75 bits per heavy atom. The van der Waals surface area contributed by atoms with Crippen molar-refractivity contribution in [2.24, 2.45) is 0 Å². The molecule has 0 radical (unpaired) electrons. The second-order valence-corrected chi connectivity index (χ2v) is 1.35. The molecule has 0 bridgehead atoms. The van der Waals surface area contributed by atoms with Crippen molar-refractivity contribution in [3.63, 3.8) is 0 Å². The van der Waals surface area contributed by atoms with E-state index in [1.807, 2.05) is 0 Å². The van der Waals surface area contributed by atoms with Gasteiger partial charge in [-0.25, -0.2) is 0 Å². The molecule has 0 heterocycles. The van der Waals surface area contributed by atoms with Crippen LogP contribution in [-0.4, -0.2) is 6.61 Å². The van der Waals surface area contributed by atoms with E-state index in [4.69, 9.17) is 0 Å². The molecule has 0 aromatic rings. The largest absolute Gasteiger partial charge is 1.00 e. The fraction of sp³-hybridized carbons (Fsp3) is 1.00. The van der Waals surface area contributed by atoms with E-state index in [9.17, 15) is 9.79 Å². The van der Waals surface area contributed by atoms with Crippen LogP contribution in [0.5, 0.6) is 0 Å². The van der Waals surface area contributed by atoms with Crippen molar-refractivity contribution in [1.29, 1.82) is 0 Å². The third-order valence-electron chi connectivity index (χ3n) is 0.235. The summed E-state index contributed by atoms with van der Waals surface area (Å²) in [5.41, 5.74) is 0. The van der Waals surface area contributed by atoms with Crippen LogP contribution in [-0.2, 0) is 4.52 Å². The van der Waals surface area contributed by atoms with Gasteiger partial charge in [0.25, 0.3) is 0 Å². The second-order valence-electron chi connectivity index (χ2n) is 0.641. The van der Waals surface area contributed by atoms with Crippen molar-refractivity contribution < 1.29 is 117 Å². The first kappa shape index (κ1) is 17.6. The van der Waals surface area contributed by atoms with Crippen LogP contribution >= 0.6 is 8.60 Å². The summed E-state index contributed by atoms with van der Waals surface area (Å²) in [7, 11) is -2.60. The molecule has 0 N–H and O–H groups in total. The monoisotopic (exact) mass is 186 g/mol. The van der Waals surface area contributed by atoms with Crippen LogP contribution in [0.1, 0.15) is 6.92 Å². The van der Waals surface area contributed by atoms with E-state index in [2.05, 4.69) is 4.52 Å². The molecule has 0 saturated carbocycles. The molecule has 0 rings (SSSR count). The molecular formula is C2H5K2O3P. The van der Waals surface area contributed by atoms with Crippen molar-refractivity contribution >= 4 is 8.60 Å². The standard InChI is InChI=1S/C2H5O3P.2K/c1-2-5-6(3)4;;/h2H2,1H3;;/q-2;2*+1. The van der Waals surface area contributed by atoms with Crippen LogP contribution in [0.15, 0.2) is 0 Å². The van der Waals surface area contributed by atoms with Crippen molar-refractivity contribution in [3.05, 3.63) is 0 Å². The summed E-state index contributed by atoms with van der Waals surface area (Å²) in [4.78, 5) is 18.8. The van der Waals surface area contributed by atoms with Gasteiger partial charge in [0, 0.05) is 6.61 Å². The van der Waals surface area contributed by atoms with Crippen LogP contribution in [0, 0.1) is 0 Å². The van der Waals surface area contributed by atoms with E-state index < -0.39 is 8.60 Å². The molecule has 0 unspecified atom stereocenters. The maximum atomic E-state index is 9.41. The van der Waals surface area contributed by atoms with Crippen molar-refractivity contribution in [2.75, 3.05) is 6.61 Å². The van der Waals surface area contributed by atoms with Gasteiger partial charge in [-0.2, -0.15) is 8.60 Å². The SMILES string of the molecule is CCOP([O-])[O-].[K+].[K+]. The molecule has 3 nitrogen and oxygen atoms in total. The third kappa shape index (κ3) is 16.3. The van der Waals surface area contributed by atoms with Gasteiger partial charge in [-0.05, 0) is 6.92 Å². The Morgan fingerprint density at radius 2 is 1.75 bits per heavy atom. The van der Waals surface area contributed by atoms with Crippen LogP contribution in [0.3, 0.4) is 0 Å². The minimum absolute atomic E-state index is 0. The van der Waals surface area contributed by atoms with Crippen LogP contribution in [0.25, 0.3) is 0 Å². The molecule has 0 amide bonds. The van der Waals surface area contributed by atoms with E-state index in [0.29, 0.717) is 0 Å². The average molecular weight is 186 g/mol. The van der Waals surface area contributed by atoms with Gasteiger partial charge in [-0.15, -0.1) is 0 Å². The maximum absolute atomic E-state index is 9.41. The quantitative estimate of drug-likeness (QED) is 0.318. The van der Waals surface area contributed by atoms with E-state index in [0.717, 1.165) is 0 Å². The molecule has 0 atom stereocenters. The molecular weight excluding hydrogens is 181 g/mol. The molecule has 0 fully saturated rings. The molecule has 0 aliphatic heterocycles. The number of hydrogen-bond donors (Lipinski definition) is 0. The first-order valence-electron chi connectivity index (χ1n) is 1.54. The summed E-state index contributed by atoms with van der Waals surface area (Å²) in [5, 5.41) is 0. The first-order chi connectivity index (χ1) is 2.77. The van der Waals surface area contributed by atoms with Gasteiger partial charge >= 0.3 is 103 Å². The van der Waals surface area contributed by atoms with E-state index in [-0.39, 0.29) is 109 Å². The smallest absolute Gasteiger partial charge is 0.820 e. The molecule has 8 heavy (non-hydrogen) atoms. The molecule has 0 aliphatic carbocycles. The van der Waals surface area contributed by atoms with Gasteiger partial charge < -0.3 is 14.3 Å². The minimum Gasteiger partial charge on any atom is -0.820 e. The first-order valence-corrected chi connectivity index (χ1v) is 2.64. The van der Waals surface area contributed by atoms with E-state index in [1.165, 1.54) is 0 Å². The topological polar surface area (TPSA) is 55.3 Å². The molecule has 6 heteroatoms. The van der Waals surface area contributed by atoms with Gasteiger partial charge in [0.2, 0.25) is 0 Å². The third-order valence-corrected chi connectivity index (χ3v) is 0.704. The average Bonchev–Trinajstić information content (AvgIpc) is 1.35. The molecule has 0 spiro atoms. The van der Waals surface area contributed by atoms with Gasteiger partial charge in [-0.3, -0.25) is 0 Å². The zero-order valence-corrected chi connectivity index (χ0v) is 12.5. The summed E-state index contributed by atoms with van der Waals surface area (Å²) in [5.74, 6) is 0. The number of hydrogen-bond acceptors (Lipinski definition) is 3. The van der Waals surface area contributed by atoms with Crippen molar-refractivity contribution in [2.45, 2.75) is 6.92 Å². The van der Waals surface area contributed by atoms with Crippen LogP contribution < -0.4 is 113 Å². The Kier molecular flexibility index (Phi) is 29.0. The predicted molar refractivity (Wildman–Crippen MR) is 18.5 cm³/mol. The van der Waals surface area contributed by atoms with Gasteiger partial charge in [0.15, 0.2) is 0 Å². The van der Waals surface area contributed by atoms with Gasteiger partial charge in [-0.1, -0.05) is 0 Å². The summed E-state index contributed by atoms with van der Waals surface area (Å²) < 4.78 is 4.00.